The first-order valence-corrected chi connectivity index (χ1v) is 7.70. The molecule has 1 aliphatic heterocycles. The van der Waals surface area contributed by atoms with Gasteiger partial charge in [-0.05, 0) is 44.4 Å². The molecule has 5 heteroatoms. The summed E-state index contributed by atoms with van der Waals surface area (Å²) in [6.45, 7) is 5.93. The van der Waals surface area contributed by atoms with E-state index in [1.54, 1.807) is 0 Å². The number of fused-ring (bicyclic) bond motifs is 1. The van der Waals surface area contributed by atoms with Crippen molar-refractivity contribution >= 4 is 11.7 Å². The maximum atomic E-state index is 5.84. The number of rotatable bonds is 5. The smallest absolute Gasteiger partial charge is 0.323 e. The van der Waals surface area contributed by atoms with Crippen LogP contribution in [0.25, 0.3) is 0 Å². The number of nitrogens with zero attached hydrogens (tertiary/aromatic N) is 3. The summed E-state index contributed by atoms with van der Waals surface area (Å²) in [6, 6.07) is 9.42. The predicted molar refractivity (Wildman–Crippen MR) is 82.7 cm³/mol. The highest BCUT2D eigenvalue weighted by atomic mass is 16.4. The van der Waals surface area contributed by atoms with Crippen molar-refractivity contribution in [2.45, 2.75) is 45.7 Å². The number of aromatic nitrogens is 2. The van der Waals surface area contributed by atoms with Gasteiger partial charge in [0.1, 0.15) is 0 Å². The fourth-order valence-electron chi connectivity index (χ4n) is 2.77. The van der Waals surface area contributed by atoms with Gasteiger partial charge >= 0.3 is 6.01 Å². The molecule has 112 valence electrons. The van der Waals surface area contributed by atoms with Crippen molar-refractivity contribution in [3.8, 4) is 0 Å². The lowest BCUT2D eigenvalue weighted by Crippen LogP contribution is -2.33. The molecule has 5 nitrogen and oxygen atoms in total. The van der Waals surface area contributed by atoms with E-state index < -0.39 is 0 Å². The molecule has 1 aliphatic rings. The van der Waals surface area contributed by atoms with E-state index in [4.69, 9.17) is 4.42 Å². The van der Waals surface area contributed by atoms with Crippen molar-refractivity contribution in [1.29, 1.82) is 0 Å². The maximum absolute atomic E-state index is 5.84. The SMILES string of the molecule is CCCNCc1nnc(N2c3ccccc3CCC2C)o1. The van der Waals surface area contributed by atoms with Gasteiger partial charge in [0.2, 0.25) is 5.89 Å². The van der Waals surface area contributed by atoms with Gasteiger partial charge in [-0.2, -0.15) is 0 Å². The number of nitrogens with one attached hydrogen (secondary N) is 1. The Morgan fingerprint density at radius 1 is 1.33 bits per heavy atom. The highest BCUT2D eigenvalue weighted by molar-refractivity contribution is 5.63. The van der Waals surface area contributed by atoms with Gasteiger partial charge in [0, 0.05) is 11.7 Å². The monoisotopic (exact) mass is 286 g/mol. The molecule has 1 aromatic heterocycles. The Morgan fingerprint density at radius 3 is 3.05 bits per heavy atom. The lowest BCUT2D eigenvalue weighted by Gasteiger charge is -2.33. The summed E-state index contributed by atoms with van der Waals surface area (Å²) in [5.74, 6) is 0.647. The maximum Gasteiger partial charge on any atom is 0.323 e. The summed E-state index contributed by atoms with van der Waals surface area (Å²) in [5.41, 5.74) is 2.53. The average molecular weight is 286 g/mol. The van der Waals surface area contributed by atoms with E-state index in [0.717, 1.165) is 25.8 Å². The van der Waals surface area contributed by atoms with Gasteiger partial charge in [-0.25, -0.2) is 0 Å². The van der Waals surface area contributed by atoms with Crippen LogP contribution in [-0.4, -0.2) is 22.8 Å². The average Bonchev–Trinajstić information content (AvgIpc) is 2.96. The van der Waals surface area contributed by atoms with E-state index in [0.29, 0.717) is 24.5 Å². The van der Waals surface area contributed by atoms with Crippen LogP contribution >= 0.6 is 0 Å². The number of benzene rings is 1. The first kappa shape index (κ1) is 14.1. The molecule has 2 heterocycles. The summed E-state index contributed by atoms with van der Waals surface area (Å²) in [6.07, 6.45) is 3.30. The van der Waals surface area contributed by atoms with E-state index in [2.05, 4.69) is 58.5 Å². The third-order valence-electron chi connectivity index (χ3n) is 3.89. The summed E-state index contributed by atoms with van der Waals surface area (Å²) in [5, 5.41) is 11.7. The summed E-state index contributed by atoms with van der Waals surface area (Å²) < 4.78 is 5.84. The first-order chi connectivity index (χ1) is 10.3. The van der Waals surface area contributed by atoms with Gasteiger partial charge in [0.05, 0.1) is 6.54 Å². The zero-order valence-corrected chi connectivity index (χ0v) is 12.7. The number of para-hydroxylation sites is 1. The van der Waals surface area contributed by atoms with Gasteiger partial charge in [-0.15, -0.1) is 5.10 Å². The fourth-order valence-corrected chi connectivity index (χ4v) is 2.77. The normalized spacial score (nSPS) is 17.8. The second kappa shape index (κ2) is 6.26. The quantitative estimate of drug-likeness (QED) is 0.856. The lowest BCUT2D eigenvalue weighted by atomic mass is 9.97. The molecule has 21 heavy (non-hydrogen) atoms. The molecule has 0 fully saturated rings. The largest absolute Gasteiger partial charge is 0.406 e. The van der Waals surface area contributed by atoms with Crippen molar-refractivity contribution in [3.63, 3.8) is 0 Å². The molecule has 0 aliphatic carbocycles. The summed E-state index contributed by atoms with van der Waals surface area (Å²) in [4.78, 5) is 2.16. The zero-order chi connectivity index (χ0) is 14.7. The summed E-state index contributed by atoms with van der Waals surface area (Å²) >= 11 is 0. The molecule has 0 amide bonds. The second-order valence-electron chi connectivity index (χ2n) is 5.54. The Kier molecular flexibility index (Phi) is 4.20. The van der Waals surface area contributed by atoms with Crippen LogP contribution in [0.1, 0.15) is 38.1 Å². The van der Waals surface area contributed by atoms with Crippen LogP contribution < -0.4 is 10.2 Å². The molecule has 0 saturated heterocycles. The molecule has 1 unspecified atom stereocenters. The van der Waals surface area contributed by atoms with Crippen LogP contribution in [0.2, 0.25) is 0 Å². The Bertz CT molecular complexity index is 595. The van der Waals surface area contributed by atoms with Gasteiger partial charge in [-0.1, -0.05) is 30.2 Å². The van der Waals surface area contributed by atoms with Crippen LogP contribution in [0.15, 0.2) is 28.7 Å². The van der Waals surface area contributed by atoms with E-state index in [-0.39, 0.29) is 0 Å². The summed E-state index contributed by atoms with van der Waals surface area (Å²) in [7, 11) is 0. The zero-order valence-electron chi connectivity index (χ0n) is 12.7. The Hall–Kier alpha value is -1.88. The van der Waals surface area contributed by atoms with Crippen LogP contribution in [0.4, 0.5) is 11.7 Å². The molecule has 2 aromatic rings. The van der Waals surface area contributed by atoms with Crippen molar-refractivity contribution in [3.05, 3.63) is 35.7 Å². The molecule has 0 radical (unpaired) electrons. The standard InChI is InChI=1S/C16H22N4O/c1-3-10-17-11-15-18-19-16(21-15)20-12(2)8-9-13-6-4-5-7-14(13)20/h4-7,12,17H,3,8-11H2,1-2H3. The Balaban J connectivity index is 1.83. The van der Waals surface area contributed by atoms with Gasteiger partial charge < -0.3 is 9.73 Å². The minimum atomic E-state index is 0.372. The topological polar surface area (TPSA) is 54.2 Å². The molecule has 3 rings (SSSR count). The molecular weight excluding hydrogens is 264 g/mol. The fraction of sp³-hybridized carbons (Fsp3) is 0.500. The van der Waals surface area contributed by atoms with E-state index in [1.807, 2.05) is 0 Å². The minimum absolute atomic E-state index is 0.372. The highest BCUT2D eigenvalue weighted by Gasteiger charge is 2.27. The number of aryl methyl sites for hydroxylation is 1. The molecule has 1 N–H and O–H groups in total. The van der Waals surface area contributed by atoms with Gasteiger partial charge in [0.25, 0.3) is 0 Å². The predicted octanol–water partition coefficient (Wildman–Crippen LogP) is 3.04. The highest BCUT2D eigenvalue weighted by Crippen LogP contribution is 2.35. The third kappa shape index (κ3) is 2.93. The van der Waals surface area contributed by atoms with Crippen LogP contribution in [0, 0.1) is 0 Å². The number of hydrogen-bond acceptors (Lipinski definition) is 5. The number of anilines is 2. The Morgan fingerprint density at radius 2 is 2.19 bits per heavy atom. The molecule has 0 saturated carbocycles. The molecular formula is C16H22N4O. The molecule has 0 bridgehead atoms. The van der Waals surface area contributed by atoms with Crippen molar-refractivity contribution in [2.24, 2.45) is 0 Å². The minimum Gasteiger partial charge on any atom is -0.406 e. The van der Waals surface area contributed by atoms with Gasteiger partial charge in [0.15, 0.2) is 0 Å². The molecule has 1 aromatic carbocycles. The van der Waals surface area contributed by atoms with Crippen molar-refractivity contribution < 1.29 is 4.42 Å². The number of hydrogen-bond donors (Lipinski definition) is 1. The van der Waals surface area contributed by atoms with E-state index >= 15 is 0 Å². The van der Waals surface area contributed by atoms with Crippen molar-refractivity contribution in [1.82, 2.24) is 15.5 Å². The van der Waals surface area contributed by atoms with Crippen molar-refractivity contribution in [2.75, 3.05) is 11.4 Å². The molecule has 0 spiro atoms. The van der Waals surface area contributed by atoms with E-state index in [9.17, 15) is 0 Å². The van der Waals surface area contributed by atoms with Crippen LogP contribution in [-0.2, 0) is 13.0 Å². The third-order valence-corrected chi connectivity index (χ3v) is 3.89. The van der Waals surface area contributed by atoms with Crippen LogP contribution in [0.3, 0.4) is 0 Å². The Labute approximate surface area is 125 Å². The van der Waals surface area contributed by atoms with Gasteiger partial charge in [-0.3, -0.25) is 4.90 Å². The van der Waals surface area contributed by atoms with Crippen LogP contribution in [0.5, 0.6) is 0 Å². The second-order valence-corrected chi connectivity index (χ2v) is 5.54. The van der Waals surface area contributed by atoms with E-state index in [1.165, 1.54) is 11.3 Å². The molecule has 1 atom stereocenters. The lowest BCUT2D eigenvalue weighted by molar-refractivity contribution is 0.454. The first-order valence-electron chi connectivity index (χ1n) is 7.70.